The molecule has 0 bridgehead atoms. The quantitative estimate of drug-likeness (QED) is 0.647. The summed E-state index contributed by atoms with van der Waals surface area (Å²) >= 11 is 0. The van der Waals surface area contributed by atoms with Crippen molar-refractivity contribution in [2.24, 2.45) is 0 Å². The zero-order valence-electron chi connectivity index (χ0n) is 8.66. The maximum absolute atomic E-state index is 8.59. The highest BCUT2D eigenvalue weighted by Crippen LogP contribution is 2.14. The third-order valence-electron chi connectivity index (χ3n) is 2.46. The summed E-state index contributed by atoms with van der Waals surface area (Å²) in [4.78, 5) is 2.34. The second-order valence-corrected chi connectivity index (χ2v) is 3.92. The Kier molecular flexibility index (Phi) is 3.71. The van der Waals surface area contributed by atoms with Crippen LogP contribution in [0.2, 0.25) is 0 Å². The molecule has 1 fully saturated rings. The molecule has 1 unspecified atom stereocenters. The maximum Gasteiger partial charge on any atom is 0.0678 e. The van der Waals surface area contributed by atoms with Crippen LogP contribution in [-0.4, -0.2) is 36.2 Å². The number of hydrogen-bond acceptors (Lipinski definition) is 3. The summed E-state index contributed by atoms with van der Waals surface area (Å²) in [6.45, 7) is 8.18. The summed E-state index contributed by atoms with van der Waals surface area (Å²) in [6.07, 6.45) is 1.20. The van der Waals surface area contributed by atoms with E-state index >= 15 is 0 Å². The van der Waals surface area contributed by atoms with E-state index in [9.17, 15) is 0 Å². The van der Waals surface area contributed by atoms with Crippen molar-refractivity contribution in [3.05, 3.63) is 0 Å². The van der Waals surface area contributed by atoms with Gasteiger partial charge in [-0.25, -0.2) is 0 Å². The third kappa shape index (κ3) is 2.98. The lowest BCUT2D eigenvalue weighted by molar-refractivity contribution is -0.0778. The van der Waals surface area contributed by atoms with E-state index in [2.05, 4.69) is 31.7 Å². The Morgan fingerprint density at radius 3 is 2.46 bits per heavy atom. The molecular formula is C10H18N2O. The molecule has 13 heavy (non-hydrogen) atoms. The number of hydrogen-bond donors (Lipinski definition) is 0. The highest BCUT2D eigenvalue weighted by Gasteiger charge is 2.25. The van der Waals surface area contributed by atoms with Crippen LogP contribution in [0.1, 0.15) is 27.2 Å². The lowest BCUT2D eigenvalue weighted by atomic mass is 10.1. The Balaban J connectivity index is 2.45. The van der Waals surface area contributed by atoms with E-state index in [4.69, 9.17) is 10.00 Å². The third-order valence-corrected chi connectivity index (χ3v) is 2.46. The van der Waals surface area contributed by atoms with Crippen molar-refractivity contribution in [1.29, 1.82) is 5.26 Å². The Bertz CT molecular complexity index is 190. The molecule has 0 radical (unpaired) electrons. The average molecular weight is 182 g/mol. The van der Waals surface area contributed by atoms with E-state index in [0.29, 0.717) is 24.7 Å². The van der Waals surface area contributed by atoms with E-state index in [0.717, 1.165) is 13.1 Å². The second kappa shape index (κ2) is 4.59. The van der Waals surface area contributed by atoms with Crippen LogP contribution in [0, 0.1) is 11.3 Å². The van der Waals surface area contributed by atoms with Gasteiger partial charge in [0.15, 0.2) is 0 Å². The highest BCUT2D eigenvalue weighted by molar-refractivity contribution is 4.83. The number of rotatable bonds is 2. The van der Waals surface area contributed by atoms with Crippen molar-refractivity contribution in [3.8, 4) is 6.07 Å². The zero-order chi connectivity index (χ0) is 9.84. The first kappa shape index (κ1) is 10.5. The lowest BCUT2D eigenvalue weighted by Gasteiger charge is -2.38. The predicted molar refractivity (Wildman–Crippen MR) is 51.3 cm³/mol. The summed E-state index contributed by atoms with van der Waals surface area (Å²) in [7, 11) is 0. The van der Waals surface area contributed by atoms with Gasteiger partial charge >= 0.3 is 0 Å². The highest BCUT2D eigenvalue weighted by atomic mass is 16.5. The molecule has 3 nitrogen and oxygen atoms in total. The molecule has 3 heteroatoms. The lowest BCUT2D eigenvalue weighted by Crippen LogP contribution is -2.49. The molecular weight excluding hydrogens is 164 g/mol. The molecule has 0 spiro atoms. The van der Waals surface area contributed by atoms with Crippen LogP contribution in [0.4, 0.5) is 0 Å². The monoisotopic (exact) mass is 182 g/mol. The van der Waals surface area contributed by atoms with E-state index in [1.165, 1.54) is 0 Å². The smallest absolute Gasteiger partial charge is 0.0678 e. The van der Waals surface area contributed by atoms with Crippen molar-refractivity contribution in [1.82, 2.24) is 4.90 Å². The standard InChI is InChI=1S/C10H18N2O/c1-8(4-5-11)12-6-9(2)13-10(3)7-12/h8-10H,4,6-7H2,1-3H3/t8?,9-,10+. The van der Waals surface area contributed by atoms with Crippen molar-refractivity contribution in [3.63, 3.8) is 0 Å². The molecule has 0 aliphatic carbocycles. The van der Waals surface area contributed by atoms with Gasteiger partial charge in [0.25, 0.3) is 0 Å². The first-order valence-corrected chi connectivity index (χ1v) is 4.90. The number of nitrogens with zero attached hydrogens (tertiary/aromatic N) is 2. The largest absolute Gasteiger partial charge is 0.373 e. The van der Waals surface area contributed by atoms with E-state index in [-0.39, 0.29) is 0 Å². The van der Waals surface area contributed by atoms with Crippen molar-refractivity contribution >= 4 is 0 Å². The van der Waals surface area contributed by atoms with Gasteiger partial charge < -0.3 is 4.74 Å². The topological polar surface area (TPSA) is 36.3 Å². The minimum Gasteiger partial charge on any atom is -0.373 e. The minimum absolute atomic E-state index is 0.296. The van der Waals surface area contributed by atoms with E-state index in [1.54, 1.807) is 0 Å². The molecule has 0 saturated carbocycles. The molecule has 1 rings (SSSR count). The van der Waals surface area contributed by atoms with Crippen LogP contribution in [-0.2, 0) is 4.74 Å². The molecule has 0 N–H and O–H groups in total. The van der Waals surface area contributed by atoms with Crippen LogP contribution >= 0.6 is 0 Å². The molecule has 0 aromatic carbocycles. The first-order chi connectivity index (χ1) is 6.13. The van der Waals surface area contributed by atoms with Crippen LogP contribution in [0.15, 0.2) is 0 Å². The van der Waals surface area contributed by atoms with Gasteiger partial charge in [0.2, 0.25) is 0 Å². The van der Waals surface area contributed by atoms with Crippen LogP contribution in [0.3, 0.4) is 0 Å². The Labute approximate surface area is 80.3 Å². The molecule has 0 aromatic heterocycles. The molecule has 1 aliphatic heterocycles. The summed E-state index contributed by atoms with van der Waals surface area (Å²) in [5.41, 5.74) is 0. The Hall–Kier alpha value is -0.590. The van der Waals surface area contributed by atoms with Gasteiger partial charge in [0, 0.05) is 19.1 Å². The van der Waals surface area contributed by atoms with Crippen LogP contribution in [0.25, 0.3) is 0 Å². The minimum atomic E-state index is 0.296. The summed E-state index contributed by atoms with van der Waals surface area (Å²) in [5, 5.41) is 8.59. The first-order valence-electron chi connectivity index (χ1n) is 4.90. The Morgan fingerprint density at radius 1 is 1.46 bits per heavy atom. The van der Waals surface area contributed by atoms with Gasteiger partial charge in [-0.2, -0.15) is 5.26 Å². The molecule has 1 heterocycles. The number of morpholine rings is 1. The van der Waals surface area contributed by atoms with Gasteiger partial charge in [-0.3, -0.25) is 4.90 Å². The van der Waals surface area contributed by atoms with E-state index < -0.39 is 0 Å². The van der Waals surface area contributed by atoms with Crippen molar-refractivity contribution < 1.29 is 4.74 Å². The molecule has 3 atom stereocenters. The van der Waals surface area contributed by atoms with Gasteiger partial charge in [0.05, 0.1) is 24.7 Å². The average Bonchev–Trinajstić information content (AvgIpc) is 2.03. The summed E-state index contributed by atoms with van der Waals surface area (Å²) < 4.78 is 5.62. The van der Waals surface area contributed by atoms with Crippen molar-refractivity contribution in [2.45, 2.75) is 45.4 Å². The number of nitriles is 1. The van der Waals surface area contributed by atoms with E-state index in [1.807, 2.05) is 0 Å². The molecule has 1 saturated heterocycles. The zero-order valence-corrected chi connectivity index (χ0v) is 8.66. The van der Waals surface area contributed by atoms with Crippen LogP contribution < -0.4 is 0 Å². The van der Waals surface area contributed by atoms with Gasteiger partial charge in [-0.15, -0.1) is 0 Å². The predicted octanol–water partition coefficient (Wildman–Crippen LogP) is 1.40. The van der Waals surface area contributed by atoms with Crippen LogP contribution in [0.5, 0.6) is 0 Å². The van der Waals surface area contributed by atoms with Gasteiger partial charge in [-0.1, -0.05) is 0 Å². The fourth-order valence-corrected chi connectivity index (χ4v) is 1.84. The molecule has 74 valence electrons. The summed E-state index contributed by atoms with van der Waals surface area (Å²) in [5.74, 6) is 0. The number of ether oxygens (including phenoxy) is 1. The fourth-order valence-electron chi connectivity index (χ4n) is 1.84. The van der Waals surface area contributed by atoms with Gasteiger partial charge in [-0.05, 0) is 20.8 Å². The molecule has 0 aromatic rings. The van der Waals surface area contributed by atoms with Gasteiger partial charge in [0.1, 0.15) is 0 Å². The van der Waals surface area contributed by atoms with Crippen molar-refractivity contribution in [2.75, 3.05) is 13.1 Å². The fraction of sp³-hybridized carbons (Fsp3) is 0.900. The summed E-state index contributed by atoms with van der Waals surface area (Å²) in [6, 6.07) is 2.57. The normalized spacial score (nSPS) is 32.5. The molecule has 1 aliphatic rings. The second-order valence-electron chi connectivity index (χ2n) is 3.92. The Morgan fingerprint density at radius 2 is 2.00 bits per heavy atom. The SMILES string of the molecule is CC(CC#N)N1C[C@@H](C)O[C@@H](C)C1. The maximum atomic E-state index is 8.59. The molecule has 0 amide bonds.